The first-order valence-electron chi connectivity index (χ1n) is 10.9. The highest BCUT2D eigenvalue weighted by Crippen LogP contribution is 2.30. The maximum atomic E-state index is 12.6. The second-order valence-electron chi connectivity index (χ2n) is 7.31. The Morgan fingerprint density at radius 2 is 1.44 bits per heavy atom. The highest BCUT2D eigenvalue weighted by Gasteiger charge is 2.36. The van der Waals surface area contributed by atoms with Gasteiger partial charge in [-0.3, -0.25) is 9.59 Å². The number of benzene rings is 3. The fourth-order valence-corrected chi connectivity index (χ4v) is 3.57. The topological polar surface area (TPSA) is 82.1 Å². The molecule has 0 saturated heterocycles. The SMILES string of the molecule is CCOc1ccc(/C=C/C(=O)Oc2ccc(N3C(=O)c4ccccc4C3=O)cc2)cc1OCC. The Morgan fingerprint density at radius 1 is 0.824 bits per heavy atom. The number of anilines is 1. The Morgan fingerprint density at radius 3 is 2.06 bits per heavy atom. The van der Waals surface area contributed by atoms with Gasteiger partial charge in [-0.2, -0.15) is 0 Å². The van der Waals surface area contributed by atoms with Crippen LogP contribution in [0.25, 0.3) is 6.08 Å². The lowest BCUT2D eigenvalue weighted by molar-refractivity contribution is -0.128. The molecular formula is C27H23NO6. The van der Waals surface area contributed by atoms with Gasteiger partial charge < -0.3 is 14.2 Å². The van der Waals surface area contributed by atoms with Gasteiger partial charge in [0, 0.05) is 6.08 Å². The zero-order valence-electron chi connectivity index (χ0n) is 18.8. The molecule has 0 N–H and O–H groups in total. The van der Waals surface area contributed by atoms with Gasteiger partial charge >= 0.3 is 5.97 Å². The minimum Gasteiger partial charge on any atom is -0.490 e. The van der Waals surface area contributed by atoms with Crippen LogP contribution in [0.15, 0.2) is 72.8 Å². The highest BCUT2D eigenvalue weighted by molar-refractivity contribution is 6.34. The summed E-state index contributed by atoms with van der Waals surface area (Å²) in [6.07, 6.45) is 2.93. The van der Waals surface area contributed by atoms with E-state index in [1.807, 2.05) is 19.9 Å². The van der Waals surface area contributed by atoms with Crippen molar-refractivity contribution in [1.29, 1.82) is 0 Å². The van der Waals surface area contributed by atoms with Gasteiger partial charge in [-0.05, 0) is 74.0 Å². The van der Waals surface area contributed by atoms with E-state index in [9.17, 15) is 14.4 Å². The molecule has 7 nitrogen and oxygen atoms in total. The summed E-state index contributed by atoms with van der Waals surface area (Å²) in [6.45, 7) is 4.79. The molecule has 1 aliphatic rings. The summed E-state index contributed by atoms with van der Waals surface area (Å²) in [5.74, 6) is 0.202. The van der Waals surface area contributed by atoms with Gasteiger partial charge in [0.2, 0.25) is 0 Å². The first-order valence-corrected chi connectivity index (χ1v) is 10.9. The zero-order chi connectivity index (χ0) is 24.1. The standard InChI is InChI=1S/C27H23NO6/c1-3-32-23-15-9-18(17-24(23)33-4-2)10-16-25(29)34-20-13-11-19(12-14-20)28-26(30)21-7-5-6-8-22(21)27(28)31/h5-17H,3-4H2,1-2H3/b16-10+. The summed E-state index contributed by atoms with van der Waals surface area (Å²) in [7, 11) is 0. The molecule has 0 bridgehead atoms. The van der Waals surface area contributed by atoms with Gasteiger partial charge in [-0.1, -0.05) is 18.2 Å². The van der Waals surface area contributed by atoms with Gasteiger partial charge in [0.15, 0.2) is 11.5 Å². The number of imide groups is 1. The van der Waals surface area contributed by atoms with E-state index in [-0.39, 0.29) is 17.6 Å². The quantitative estimate of drug-likeness (QED) is 0.207. The number of nitrogens with zero attached hydrogens (tertiary/aromatic N) is 1. The molecule has 4 rings (SSSR count). The van der Waals surface area contributed by atoms with Crippen LogP contribution < -0.4 is 19.1 Å². The van der Waals surface area contributed by atoms with Gasteiger partial charge in [0.05, 0.1) is 30.0 Å². The molecule has 1 heterocycles. The predicted octanol–water partition coefficient (Wildman–Crippen LogP) is 4.90. The Kier molecular flexibility index (Phi) is 6.73. The Bertz CT molecular complexity index is 1230. The van der Waals surface area contributed by atoms with Crippen LogP contribution >= 0.6 is 0 Å². The number of carbonyl (C=O) groups excluding carboxylic acids is 3. The lowest BCUT2D eigenvalue weighted by Gasteiger charge is -2.14. The molecule has 0 radical (unpaired) electrons. The summed E-state index contributed by atoms with van der Waals surface area (Å²) < 4.78 is 16.5. The van der Waals surface area contributed by atoms with Crippen LogP contribution in [0.2, 0.25) is 0 Å². The molecule has 7 heteroatoms. The second kappa shape index (κ2) is 10.0. The largest absolute Gasteiger partial charge is 0.490 e. The fourth-order valence-electron chi connectivity index (χ4n) is 3.57. The van der Waals surface area contributed by atoms with E-state index in [1.165, 1.54) is 18.2 Å². The van der Waals surface area contributed by atoms with Crippen molar-refractivity contribution in [3.8, 4) is 17.2 Å². The van der Waals surface area contributed by atoms with Crippen LogP contribution in [-0.2, 0) is 4.79 Å². The lowest BCUT2D eigenvalue weighted by atomic mass is 10.1. The van der Waals surface area contributed by atoms with Gasteiger partial charge in [-0.25, -0.2) is 9.69 Å². The minimum absolute atomic E-state index is 0.289. The highest BCUT2D eigenvalue weighted by atomic mass is 16.5. The summed E-state index contributed by atoms with van der Waals surface area (Å²) in [6, 6.07) is 18.3. The van der Waals surface area contributed by atoms with Crippen molar-refractivity contribution in [3.63, 3.8) is 0 Å². The second-order valence-corrected chi connectivity index (χ2v) is 7.31. The number of fused-ring (bicyclic) bond motifs is 1. The normalized spacial score (nSPS) is 12.7. The molecule has 0 aliphatic carbocycles. The lowest BCUT2D eigenvalue weighted by Crippen LogP contribution is -2.29. The van der Waals surface area contributed by atoms with Crippen molar-refractivity contribution in [2.24, 2.45) is 0 Å². The monoisotopic (exact) mass is 457 g/mol. The Hall–Kier alpha value is -4.39. The molecule has 0 aromatic heterocycles. The van der Waals surface area contributed by atoms with Crippen molar-refractivity contribution in [3.05, 3.63) is 89.5 Å². The third kappa shape index (κ3) is 4.68. The Labute approximate surface area is 197 Å². The van der Waals surface area contributed by atoms with E-state index in [1.54, 1.807) is 54.6 Å². The van der Waals surface area contributed by atoms with Crippen LogP contribution in [0.4, 0.5) is 5.69 Å². The van der Waals surface area contributed by atoms with E-state index < -0.39 is 5.97 Å². The summed E-state index contributed by atoms with van der Waals surface area (Å²) >= 11 is 0. The number of hydrogen-bond donors (Lipinski definition) is 0. The number of esters is 1. The molecule has 0 unspecified atom stereocenters. The zero-order valence-corrected chi connectivity index (χ0v) is 18.8. The number of rotatable bonds is 8. The van der Waals surface area contributed by atoms with Crippen LogP contribution in [-0.4, -0.2) is 31.0 Å². The van der Waals surface area contributed by atoms with Crippen LogP contribution in [0, 0.1) is 0 Å². The van der Waals surface area contributed by atoms with Crippen molar-refractivity contribution >= 4 is 29.5 Å². The van der Waals surface area contributed by atoms with Gasteiger partial charge in [0.25, 0.3) is 11.8 Å². The molecule has 1 aliphatic heterocycles. The van der Waals surface area contributed by atoms with Gasteiger partial charge in [-0.15, -0.1) is 0 Å². The molecule has 0 fully saturated rings. The molecule has 0 atom stereocenters. The molecule has 3 aromatic rings. The molecule has 34 heavy (non-hydrogen) atoms. The first kappa shape index (κ1) is 22.8. The van der Waals surface area contributed by atoms with Crippen molar-refractivity contribution < 1.29 is 28.6 Å². The maximum absolute atomic E-state index is 12.6. The molecule has 0 spiro atoms. The van der Waals surface area contributed by atoms with E-state index in [0.717, 1.165) is 10.5 Å². The van der Waals surface area contributed by atoms with E-state index in [2.05, 4.69) is 0 Å². The third-order valence-electron chi connectivity index (χ3n) is 5.09. The molecule has 2 amide bonds. The maximum Gasteiger partial charge on any atom is 0.336 e. The Balaban J connectivity index is 1.42. The van der Waals surface area contributed by atoms with Crippen LogP contribution in [0.5, 0.6) is 17.2 Å². The molecular weight excluding hydrogens is 434 g/mol. The van der Waals surface area contributed by atoms with Gasteiger partial charge in [0.1, 0.15) is 5.75 Å². The number of carbonyl (C=O) groups is 3. The van der Waals surface area contributed by atoms with E-state index >= 15 is 0 Å². The summed E-state index contributed by atoms with van der Waals surface area (Å²) in [5, 5.41) is 0. The number of amides is 2. The molecule has 172 valence electrons. The minimum atomic E-state index is -0.569. The first-order chi connectivity index (χ1) is 16.5. The fraction of sp³-hybridized carbons (Fsp3) is 0.148. The van der Waals surface area contributed by atoms with Crippen LogP contribution in [0.3, 0.4) is 0 Å². The van der Waals surface area contributed by atoms with E-state index in [4.69, 9.17) is 14.2 Å². The van der Waals surface area contributed by atoms with E-state index in [0.29, 0.717) is 41.5 Å². The average molecular weight is 457 g/mol. The summed E-state index contributed by atoms with van der Waals surface area (Å²) in [5.41, 5.74) is 1.90. The predicted molar refractivity (Wildman–Crippen MR) is 127 cm³/mol. The molecule has 0 saturated carbocycles. The van der Waals surface area contributed by atoms with Crippen molar-refractivity contribution in [2.75, 3.05) is 18.1 Å². The van der Waals surface area contributed by atoms with Crippen LogP contribution in [0.1, 0.15) is 40.1 Å². The third-order valence-corrected chi connectivity index (χ3v) is 5.09. The molecule has 3 aromatic carbocycles. The summed E-state index contributed by atoms with van der Waals surface area (Å²) in [4.78, 5) is 38.6. The van der Waals surface area contributed by atoms with Crippen molar-refractivity contribution in [1.82, 2.24) is 0 Å². The number of ether oxygens (including phenoxy) is 3. The van der Waals surface area contributed by atoms with Crippen molar-refractivity contribution in [2.45, 2.75) is 13.8 Å². The average Bonchev–Trinajstić information content (AvgIpc) is 3.10. The number of hydrogen-bond acceptors (Lipinski definition) is 6. The smallest absolute Gasteiger partial charge is 0.336 e.